The van der Waals surface area contributed by atoms with Gasteiger partial charge in [0.15, 0.2) is 11.0 Å². The predicted molar refractivity (Wildman–Crippen MR) is 99.7 cm³/mol. The van der Waals surface area contributed by atoms with Gasteiger partial charge < -0.3 is 14.6 Å². The van der Waals surface area contributed by atoms with E-state index < -0.39 is 0 Å². The van der Waals surface area contributed by atoms with Crippen LogP contribution in [0.2, 0.25) is 0 Å². The number of thioether (sulfide) groups is 1. The first kappa shape index (κ1) is 17.1. The highest BCUT2D eigenvalue weighted by molar-refractivity contribution is 7.98. The van der Waals surface area contributed by atoms with Gasteiger partial charge in [0.05, 0.1) is 18.7 Å². The van der Waals surface area contributed by atoms with Crippen molar-refractivity contribution >= 4 is 11.8 Å². The molecule has 0 radical (unpaired) electrons. The molecule has 0 aliphatic carbocycles. The van der Waals surface area contributed by atoms with Gasteiger partial charge in [0.2, 0.25) is 0 Å². The van der Waals surface area contributed by atoms with Gasteiger partial charge in [0.1, 0.15) is 0 Å². The lowest BCUT2D eigenvalue weighted by Crippen LogP contribution is -2.23. The molecule has 6 heteroatoms. The molecule has 1 N–H and O–H groups in total. The summed E-state index contributed by atoms with van der Waals surface area (Å²) in [5, 5.41) is 13.6. The van der Waals surface area contributed by atoms with E-state index in [9.17, 15) is 0 Å². The topological polar surface area (TPSA) is 52.0 Å². The van der Waals surface area contributed by atoms with Gasteiger partial charge in [-0.2, -0.15) is 0 Å². The van der Waals surface area contributed by atoms with Crippen LogP contribution in [0, 0.1) is 6.92 Å². The SMILES string of the molecule is Cc1cccc(CSc2nnc(C3CCCN3)n2CC2CCCO2)c1. The first-order chi connectivity index (χ1) is 12.3. The van der Waals surface area contributed by atoms with Gasteiger partial charge in [-0.15, -0.1) is 10.2 Å². The normalized spacial score (nSPS) is 23.4. The minimum atomic E-state index is 0.300. The van der Waals surface area contributed by atoms with Gasteiger partial charge in [0, 0.05) is 12.4 Å². The monoisotopic (exact) mass is 358 g/mol. The van der Waals surface area contributed by atoms with Crippen LogP contribution in [0.3, 0.4) is 0 Å². The van der Waals surface area contributed by atoms with Crippen molar-refractivity contribution in [2.75, 3.05) is 13.2 Å². The van der Waals surface area contributed by atoms with E-state index in [-0.39, 0.29) is 0 Å². The molecule has 3 heterocycles. The molecule has 0 amide bonds. The van der Waals surface area contributed by atoms with Crippen LogP contribution in [-0.4, -0.2) is 34.0 Å². The van der Waals surface area contributed by atoms with Crippen molar-refractivity contribution in [2.24, 2.45) is 0 Å². The Balaban J connectivity index is 1.53. The van der Waals surface area contributed by atoms with E-state index >= 15 is 0 Å². The number of rotatable bonds is 6. The van der Waals surface area contributed by atoms with Gasteiger partial charge in [-0.25, -0.2) is 0 Å². The molecule has 134 valence electrons. The molecule has 2 unspecified atom stereocenters. The second-order valence-electron chi connectivity index (χ2n) is 7.01. The predicted octanol–water partition coefficient (Wildman–Crippen LogP) is 3.48. The van der Waals surface area contributed by atoms with Gasteiger partial charge in [0.25, 0.3) is 0 Å². The summed E-state index contributed by atoms with van der Waals surface area (Å²) in [6.45, 7) is 4.97. The number of nitrogens with zero attached hydrogens (tertiary/aromatic N) is 3. The number of ether oxygens (including phenoxy) is 1. The van der Waals surface area contributed by atoms with Crippen LogP contribution in [0.5, 0.6) is 0 Å². The first-order valence-electron chi connectivity index (χ1n) is 9.26. The van der Waals surface area contributed by atoms with Crippen LogP contribution in [0.4, 0.5) is 0 Å². The summed E-state index contributed by atoms with van der Waals surface area (Å²) in [4.78, 5) is 0. The Bertz CT molecular complexity index is 705. The van der Waals surface area contributed by atoms with Crippen molar-refractivity contribution < 1.29 is 4.74 Å². The molecule has 2 saturated heterocycles. The van der Waals surface area contributed by atoms with Crippen molar-refractivity contribution in [1.29, 1.82) is 0 Å². The largest absolute Gasteiger partial charge is 0.376 e. The molecule has 0 bridgehead atoms. The summed E-state index contributed by atoms with van der Waals surface area (Å²) in [5.41, 5.74) is 2.63. The van der Waals surface area contributed by atoms with Crippen molar-refractivity contribution in [1.82, 2.24) is 20.1 Å². The van der Waals surface area contributed by atoms with Gasteiger partial charge >= 0.3 is 0 Å². The maximum absolute atomic E-state index is 5.87. The lowest BCUT2D eigenvalue weighted by molar-refractivity contribution is 0.0937. The highest BCUT2D eigenvalue weighted by Crippen LogP contribution is 2.29. The number of aryl methyl sites for hydroxylation is 1. The van der Waals surface area contributed by atoms with E-state index in [1.165, 1.54) is 17.5 Å². The Morgan fingerprint density at radius 1 is 1.28 bits per heavy atom. The second kappa shape index (κ2) is 7.89. The number of aromatic nitrogens is 3. The zero-order valence-corrected chi connectivity index (χ0v) is 15.6. The molecular weight excluding hydrogens is 332 g/mol. The molecule has 2 atom stereocenters. The molecule has 2 aromatic rings. The summed E-state index contributed by atoms with van der Waals surface area (Å²) in [6.07, 6.45) is 4.96. The third-order valence-corrected chi connectivity index (χ3v) is 6.02. The molecule has 25 heavy (non-hydrogen) atoms. The number of nitrogens with one attached hydrogen (secondary N) is 1. The average Bonchev–Trinajstić information content (AvgIpc) is 3.36. The Hall–Kier alpha value is -1.37. The molecule has 2 fully saturated rings. The average molecular weight is 359 g/mol. The third-order valence-electron chi connectivity index (χ3n) is 4.98. The Morgan fingerprint density at radius 3 is 3.00 bits per heavy atom. The summed E-state index contributed by atoms with van der Waals surface area (Å²) in [5.74, 6) is 2.00. The van der Waals surface area contributed by atoms with Crippen molar-refractivity contribution in [3.63, 3.8) is 0 Å². The van der Waals surface area contributed by atoms with Crippen molar-refractivity contribution in [2.45, 2.75) is 62.2 Å². The minimum absolute atomic E-state index is 0.300. The number of benzene rings is 1. The van der Waals surface area contributed by atoms with E-state index in [0.29, 0.717) is 12.1 Å². The summed E-state index contributed by atoms with van der Waals surface area (Å²) in [7, 11) is 0. The number of hydrogen-bond donors (Lipinski definition) is 1. The third kappa shape index (κ3) is 4.07. The van der Waals surface area contributed by atoms with Crippen LogP contribution in [0.1, 0.15) is 48.7 Å². The second-order valence-corrected chi connectivity index (χ2v) is 7.96. The van der Waals surface area contributed by atoms with Gasteiger partial charge in [-0.05, 0) is 44.7 Å². The van der Waals surface area contributed by atoms with Crippen molar-refractivity contribution in [3.8, 4) is 0 Å². The molecule has 2 aliphatic heterocycles. The summed E-state index contributed by atoms with van der Waals surface area (Å²) < 4.78 is 8.18. The van der Waals surface area contributed by atoms with E-state index in [0.717, 1.165) is 55.7 Å². The standard InChI is InChI=1S/C19H26N4OS/c1-14-5-2-6-15(11-14)13-25-19-22-21-18(17-8-3-9-20-17)23(19)12-16-7-4-10-24-16/h2,5-6,11,16-17,20H,3-4,7-10,12-13H2,1H3. The van der Waals surface area contributed by atoms with E-state index in [2.05, 4.69) is 51.3 Å². The van der Waals surface area contributed by atoms with Gasteiger partial charge in [-0.3, -0.25) is 0 Å². The maximum Gasteiger partial charge on any atom is 0.191 e. The lowest BCUT2D eigenvalue weighted by atomic mass is 10.2. The summed E-state index contributed by atoms with van der Waals surface area (Å²) in [6, 6.07) is 9.02. The highest BCUT2D eigenvalue weighted by Gasteiger charge is 2.27. The summed E-state index contributed by atoms with van der Waals surface area (Å²) >= 11 is 1.78. The van der Waals surface area contributed by atoms with Crippen LogP contribution in [0.25, 0.3) is 0 Å². The molecule has 4 rings (SSSR count). The highest BCUT2D eigenvalue weighted by atomic mass is 32.2. The first-order valence-corrected chi connectivity index (χ1v) is 10.2. The van der Waals surface area contributed by atoms with Crippen LogP contribution in [0.15, 0.2) is 29.4 Å². The molecule has 2 aliphatic rings. The quantitative estimate of drug-likeness (QED) is 0.801. The maximum atomic E-state index is 5.87. The van der Waals surface area contributed by atoms with Crippen LogP contribution >= 0.6 is 11.8 Å². The fourth-order valence-electron chi connectivity index (χ4n) is 3.68. The molecule has 0 saturated carbocycles. The smallest absolute Gasteiger partial charge is 0.191 e. The van der Waals surface area contributed by atoms with E-state index in [4.69, 9.17) is 4.74 Å². The Morgan fingerprint density at radius 2 is 2.24 bits per heavy atom. The van der Waals surface area contributed by atoms with E-state index in [1.54, 1.807) is 11.8 Å². The fraction of sp³-hybridized carbons (Fsp3) is 0.579. The van der Waals surface area contributed by atoms with E-state index in [1.807, 2.05) is 0 Å². The molecular formula is C19H26N4OS. The molecule has 0 spiro atoms. The zero-order valence-electron chi connectivity index (χ0n) is 14.8. The molecule has 5 nitrogen and oxygen atoms in total. The van der Waals surface area contributed by atoms with Crippen LogP contribution < -0.4 is 5.32 Å². The van der Waals surface area contributed by atoms with Crippen molar-refractivity contribution in [3.05, 3.63) is 41.2 Å². The van der Waals surface area contributed by atoms with Gasteiger partial charge in [-0.1, -0.05) is 41.6 Å². The fourth-order valence-corrected chi connectivity index (χ4v) is 4.58. The zero-order chi connectivity index (χ0) is 17.1. The molecule has 1 aromatic heterocycles. The Labute approximate surface area is 153 Å². The Kier molecular flexibility index (Phi) is 5.39. The minimum Gasteiger partial charge on any atom is -0.376 e. The lowest BCUT2D eigenvalue weighted by Gasteiger charge is -2.17. The molecule has 1 aromatic carbocycles. The number of hydrogen-bond acceptors (Lipinski definition) is 5. The van der Waals surface area contributed by atoms with Crippen LogP contribution in [-0.2, 0) is 17.0 Å².